The van der Waals surface area contributed by atoms with Crippen LogP contribution in [0.15, 0.2) is 30.5 Å². The predicted octanol–water partition coefficient (Wildman–Crippen LogP) is 1.86. The molecule has 3 aromatic rings. The number of nitrogen functional groups attached to an aromatic ring is 1. The molecule has 1 aliphatic heterocycles. The molecule has 1 aromatic carbocycles. The van der Waals surface area contributed by atoms with E-state index in [2.05, 4.69) is 55.2 Å². The number of fused-ring (bicyclic) bond motifs is 1. The van der Waals surface area contributed by atoms with Crippen LogP contribution < -0.4 is 26.8 Å². The highest BCUT2D eigenvalue weighted by Crippen LogP contribution is 2.28. The number of piperazine rings is 1. The number of anilines is 2. The molecule has 19 nitrogen and oxygen atoms in total. The third kappa shape index (κ3) is 16.0. The molecule has 332 valence electrons. The quantitative estimate of drug-likeness (QED) is 0.0545. The van der Waals surface area contributed by atoms with Gasteiger partial charge in [-0.3, -0.25) is 24.1 Å². The number of aromatic nitrogens is 3. The minimum Gasteiger partial charge on any atom is -0.496 e. The first-order valence-electron chi connectivity index (χ1n) is 20.3. The molecule has 0 radical (unpaired) electrons. The Hall–Kier alpha value is -4.73. The van der Waals surface area contributed by atoms with Crippen LogP contribution in [0.4, 0.5) is 11.8 Å². The van der Waals surface area contributed by atoms with E-state index in [1.807, 2.05) is 17.2 Å². The van der Waals surface area contributed by atoms with Crippen molar-refractivity contribution in [3.05, 3.63) is 41.6 Å². The number of carboxylic acids is 2. The minimum atomic E-state index is -1.24. The van der Waals surface area contributed by atoms with Crippen molar-refractivity contribution in [2.75, 3.05) is 103 Å². The monoisotopic (exact) mass is 859 g/mol. The number of carboxylic acid groups (broad SMARTS) is 2. The van der Waals surface area contributed by atoms with Crippen LogP contribution in [0.1, 0.15) is 50.2 Å². The number of ether oxygens (including phenoxy) is 4. The Morgan fingerprint density at radius 2 is 1.62 bits per heavy atom. The number of methoxy groups -OCH3 is 1. The van der Waals surface area contributed by atoms with E-state index in [0.717, 1.165) is 90.9 Å². The molecule has 2 atom stereocenters. The van der Waals surface area contributed by atoms with Crippen LogP contribution in [-0.2, 0) is 46.5 Å². The maximum absolute atomic E-state index is 12.8. The maximum Gasteiger partial charge on any atom is 0.321 e. The van der Waals surface area contributed by atoms with E-state index in [0.29, 0.717) is 52.5 Å². The third-order valence-electron chi connectivity index (χ3n) is 9.74. The Morgan fingerprint density at radius 3 is 2.30 bits per heavy atom. The molecule has 60 heavy (non-hydrogen) atoms. The fourth-order valence-corrected chi connectivity index (χ4v) is 7.44. The average Bonchev–Trinajstić information content (AvgIpc) is 3.63. The molecule has 0 aliphatic carbocycles. The zero-order valence-corrected chi connectivity index (χ0v) is 35.5. The van der Waals surface area contributed by atoms with Gasteiger partial charge in [-0.05, 0) is 24.1 Å². The van der Waals surface area contributed by atoms with Gasteiger partial charge in [0, 0.05) is 69.7 Å². The Morgan fingerprint density at radius 1 is 0.900 bits per heavy atom. The van der Waals surface area contributed by atoms with Crippen LogP contribution in [0.25, 0.3) is 11.0 Å². The molecule has 0 bridgehead atoms. The number of hydrogen-bond donors (Lipinski definition) is 6. The van der Waals surface area contributed by atoms with E-state index >= 15 is 0 Å². The number of benzene rings is 1. The summed E-state index contributed by atoms with van der Waals surface area (Å²) in [5.41, 5.74) is 15.3. The SMILES string of the molecule is CCCCCNc1nc(N)nc2ccn(Cc3ccc(CN4CCN(C(=O)CCOCCOCCOCCNC(=O)C[C@@H](SC[C@H](N)C(=O)O)C(=O)O)CC4)cc3OC)c12. The second kappa shape index (κ2) is 25.8. The van der Waals surface area contributed by atoms with Gasteiger partial charge in [-0.1, -0.05) is 31.9 Å². The fraction of sp³-hybridized carbons (Fsp3) is 0.600. The van der Waals surface area contributed by atoms with Crippen LogP contribution in [0.2, 0.25) is 0 Å². The molecule has 4 rings (SSSR count). The van der Waals surface area contributed by atoms with Crippen molar-refractivity contribution in [1.82, 2.24) is 29.7 Å². The van der Waals surface area contributed by atoms with Crippen molar-refractivity contribution < 1.29 is 48.3 Å². The van der Waals surface area contributed by atoms with E-state index < -0.39 is 29.1 Å². The number of nitrogens with zero attached hydrogens (tertiary/aromatic N) is 5. The summed E-state index contributed by atoms with van der Waals surface area (Å²) in [6.07, 6.45) is 5.31. The number of unbranched alkanes of at least 4 members (excludes halogenated alkanes) is 2. The number of rotatable bonds is 29. The van der Waals surface area contributed by atoms with Crippen molar-refractivity contribution in [3.63, 3.8) is 0 Å². The summed E-state index contributed by atoms with van der Waals surface area (Å²) >= 11 is 0.812. The summed E-state index contributed by atoms with van der Waals surface area (Å²) < 4.78 is 24.5. The number of amides is 2. The summed E-state index contributed by atoms with van der Waals surface area (Å²) in [4.78, 5) is 60.3. The van der Waals surface area contributed by atoms with Crippen molar-refractivity contribution in [2.24, 2.45) is 5.73 Å². The maximum atomic E-state index is 12.8. The fourth-order valence-electron chi connectivity index (χ4n) is 6.45. The van der Waals surface area contributed by atoms with Gasteiger partial charge in [0.25, 0.3) is 0 Å². The first-order valence-corrected chi connectivity index (χ1v) is 21.4. The Kier molecular flexibility index (Phi) is 20.6. The molecule has 0 unspecified atom stereocenters. The second-order valence-corrected chi connectivity index (χ2v) is 15.5. The normalized spacial score (nSPS) is 14.2. The smallest absolute Gasteiger partial charge is 0.321 e. The number of hydrogen-bond acceptors (Lipinski definition) is 15. The highest BCUT2D eigenvalue weighted by Gasteiger charge is 2.25. The van der Waals surface area contributed by atoms with Crippen LogP contribution in [0, 0.1) is 0 Å². The van der Waals surface area contributed by atoms with E-state index in [-0.39, 0.29) is 43.8 Å². The number of nitrogens with two attached hydrogens (primary N) is 2. The number of aliphatic carboxylic acids is 2. The highest BCUT2D eigenvalue weighted by atomic mass is 32.2. The average molecular weight is 860 g/mol. The van der Waals surface area contributed by atoms with Gasteiger partial charge in [0.1, 0.15) is 22.6 Å². The Balaban J connectivity index is 1.06. The lowest BCUT2D eigenvalue weighted by Gasteiger charge is -2.35. The van der Waals surface area contributed by atoms with Crippen LogP contribution in [0.5, 0.6) is 5.75 Å². The molecule has 2 aromatic heterocycles. The molecular weight excluding hydrogens is 799 g/mol. The van der Waals surface area contributed by atoms with Gasteiger partial charge in [-0.25, -0.2) is 4.98 Å². The molecule has 1 saturated heterocycles. The van der Waals surface area contributed by atoms with Gasteiger partial charge in [0.2, 0.25) is 17.8 Å². The molecule has 0 spiro atoms. The van der Waals surface area contributed by atoms with E-state index in [4.69, 9.17) is 35.5 Å². The Bertz CT molecular complexity index is 1830. The van der Waals surface area contributed by atoms with E-state index in [1.54, 1.807) is 7.11 Å². The van der Waals surface area contributed by atoms with Gasteiger partial charge in [-0.15, -0.1) is 11.8 Å². The Labute approximate surface area is 354 Å². The molecule has 1 fully saturated rings. The summed E-state index contributed by atoms with van der Waals surface area (Å²) in [6, 6.07) is 7.07. The molecule has 1 aliphatic rings. The molecule has 0 saturated carbocycles. The zero-order valence-electron chi connectivity index (χ0n) is 34.6. The molecule has 2 amide bonds. The summed E-state index contributed by atoms with van der Waals surface area (Å²) in [5.74, 6) is -1.22. The van der Waals surface area contributed by atoms with Crippen molar-refractivity contribution in [1.29, 1.82) is 0 Å². The molecule has 20 heteroatoms. The summed E-state index contributed by atoms with van der Waals surface area (Å²) in [6.45, 7) is 9.11. The number of nitrogens with one attached hydrogen (secondary N) is 2. The van der Waals surface area contributed by atoms with Gasteiger partial charge < -0.3 is 60.7 Å². The standard InChI is InChI=1S/C40H61N9O10S/c1-3-4-5-10-44-37-36-31(45-40(42)46-37)8-12-49(36)26-29-7-6-28(23-32(29)56-2)25-47-13-15-48(16-14-47)35(51)9-17-57-19-21-59-22-20-58-18-11-43-34(50)24-33(39(54)55)60-27-30(41)38(52)53/h6-8,12,23,30,33H,3-5,9-11,13-22,24-27,41H2,1-2H3,(H,43,50)(H,52,53)(H,54,55)(H3,42,44,45,46)/t30-,33+/m0/s1. The minimum absolute atomic E-state index is 0.0617. The number of carbonyl (C=O) groups excluding carboxylic acids is 2. The van der Waals surface area contributed by atoms with Gasteiger partial charge in [0.15, 0.2) is 5.82 Å². The number of thioether (sulfide) groups is 1. The van der Waals surface area contributed by atoms with Crippen molar-refractivity contribution >= 4 is 58.3 Å². The third-order valence-corrected chi connectivity index (χ3v) is 11.1. The van der Waals surface area contributed by atoms with E-state index in [9.17, 15) is 24.3 Å². The zero-order chi connectivity index (χ0) is 43.3. The predicted molar refractivity (Wildman–Crippen MR) is 228 cm³/mol. The lowest BCUT2D eigenvalue weighted by Crippen LogP contribution is -2.48. The van der Waals surface area contributed by atoms with Crippen molar-refractivity contribution in [2.45, 2.75) is 63.4 Å². The first kappa shape index (κ1) is 47.9. The topological polar surface area (TPSA) is 259 Å². The molecule has 3 heterocycles. The lowest BCUT2D eigenvalue weighted by molar-refractivity contribution is -0.139. The second-order valence-electron chi connectivity index (χ2n) is 14.3. The van der Waals surface area contributed by atoms with Crippen molar-refractivity contribution in [3.8, 4) is 5.75 Å². The summed E-state index contributed by atoms with van der Waals surface area (Å²) in [5, 5.41) is 23.0. The van der Waals surface area contributed by atoms with Gasteiger partial charge in [0.05, 0.1) is 65.2 Å². The molecule has 8 N–H and O–H groups in total. The van der Waals surface area contributed by atoms with Gasteiger partial charge >= 0.3 is 11.9 Å². The molecular formula is C40H61N9O10S. The van der Waals surface area contributed by atoms with Crippen LogP contribution >= 0.6 is 11.8 Å². The summed E-state index contributed by atoms with van der Waals surface area (Å²) in [7, 11) is 1.69. The largest absolute Gasteiger partial charge is 0.496 e. The van der Waals surface area contributed by atoms with Crippen LogP contribution in [-0.4, -0.2) is 161 Å². The first-order chi connectivity index (χ1) is 29.0. The van der Waals surface area contributed by atoms with Crippen LogP contribution in [0.3, 0.4) is 0 Å². The lowest BCUT2D eigenvalue weighted by atomic mass is 10.1. The van der Waals surface area contributed by atoms with E-state index in [1.165, 1.54) is 0 Å². The van der Waals surface area contributed by atoms with Gasteiger partial charge in [-0.2, -0.15) is 4.98 Å². The number of carbonyl (C=O) groups is 4. The highest BCUT2D eigenvalue weighted by molar-refractivity contribution is 8.00.